The molecule has 0 bridgehead atoms. The van der Waals surface area contributed by atoms with Crippen molar-refractivity contribution in [1.82, 2.24) is 0 Å². The van der Waals surface area contributed by atoms with E-state index in [9.17, 15) is 4.79 Å². The van der Waals surface area contributed by atoms with Gasteiger partial charge in [-0.3, -0.25) is 4.79 Å². The normalized spacial score (nSPS) is 8.79. The molecule has 1 rings (SSSR count). The first-order chi connectivity index (χ1) is 6.76. The first-order valence-electron chi connectivity index (χ1n) is 4.23. The lowest BCUT2D eigenvalue weighted by molar-refractivity contribution is -0.115. The van der Waals surface area contributed by atoms with Crippen molar-refractivity contribution in [3.63, 3.8) is 0 Å². The second-order valence-corrected chi connectivity index (χ2v) is 2.77. The molecule has 0 saturated carbocycles. The van der Waals surface area contributed by atoms with Crippen LogP contribution in [-0.2, 0) is 4.79 Å². The Kier molecular flexibility index (Phi) is 3.51. The van der Waals surface area contributed by atoms with Crippen LogP contribution in [0, 0.1) is 12.3 Å². The van der Waals surface area contributed by atoms with Crippen molar-refractivity contribution in [3.8, 4) is 12.3 Å². The summed E-state index contributed by atoms with van der Waals surface area (Å²) < 4.78 is 0. The Bertz CT molecular complexity index is 388. The first-order valence-corrected chi connectivity index (χ1v) is 4.23. The number of rotatable bonds is 3. The van der Waals surface area contributed by atoms with Crippen LogP contribution in [0.5, 0.6) is 0 Å². The van der Waals surface area contributed by atoms with Crippen LogP contribution >= 0.6 is 0 Å². The van der Waals surface area contributed by atoms with Crippen LogP contribution in [0.25, 0.3) is 0 Å². The molecule has 0 radical (unpaired) electrons. The summed E-state index contributed by atoms with van der Waals surface area (Å²) >= 11 is 0. The summed E-state index contributed by atoms with van der Waals surface area (Å²) in [6.07, 6.45) is 7.09. The highest BCUT2D eigenvalue weighted by atomic mass is 16.1. The smallest absolute Gasteiger partial charge is 0.228 e. The van der Waals surface area contributed by atoms with Crippen molar-refractivity contribution >= 4 is 11.6 Å². The maximum atomic E-state index is 11.2. The fraction of sp³-hybridized carbons (Fsp3) is 0.0833. The maximum absolute atomic E-state index is 11.2. The van der Waals surface area contributed by atoms with Gasteiger partial charge in [-0.15, -0.1) is 13.0 Å². The second-order valence-electron chi connectivity index (χ2n) is 2.77. The minimum absolute atomic E-state index is 0.0887. The molecule has 0 spiro atoms. The van der Waals surface area contributed by atoms with Crippen LogP contribution in [0.1, 0.15) is 12.0 Å². The van der Waals surface area contributed by atoms with Crippen molar-refractivity contribution in [2.24, 2.45) is 0 Å². The molecule has 0 aliphatic carbocycles. The summed E-state index contributed by atoms with van der Waals surface area (Å²) in [4.78, 5) is 11.2. The molecule has 14 heavy (non-hydrogen) atoms. The number of terminal acetylenes is 1. The van der Waals surface area contributed by atoms with Crippen LogP contribution in [-0.4, -0.2) is 5.91 Å². The van der Waals surface area contributed by atoms with Gasteiger partial charge in [-0.1, -0.05) is 18.1 Å². The minimum atomic E-state index is -0.0887. The van der Waals surface area contributed by atoms with E-state index < -0.39 is 0 Å². The van der Waals surface area contributed by atoms with Crippen molar-refractivity contribution in [2.45, 2.75) is 6.42 Å². The van der Waals surface area contributed by atoms with E-state index in [0.29, 0.717) is 12.1 Å². The molecule has 2 heteroatoms. The van der Waals surface area contributed by atoms with Crippen LogP contribution in [0.4, 0.5) is 5.69 Å². The highest BCUT2D eigenvalue weighted by Gasteiger charge is 1.99. The number of nitrogens with one attached hydrogen (secondary N) is 1. The van der Waals surface area contributed by atoms with Gasteiger partial charge < -0.3 is 5.32 Å². The maximum Gasteiger partial charge on any atom is 0.228 e. The molecular formula is C12H11NO. The fourth-order valence-electron chi connectivity index (χ4n) is 1.03. The zero-order chi connectivity index (χ0) is 10.4. The Morgan fingerprint density at radius 3 is 3.07 bits per heavy atom. The molecule has 1 N–H and O–H groups in total. The van der Waals surface area contributed by atoms with Crippen molar-refractivity contribution < 1.29 is 4.79 Å². The quantitative estimate of drug-likeness (QED) is 0.567. The van der Waals surface area contributed by atoms with Crippen LogP contribution in [0.15, 0.2) is 36.9 Å². The standard InChI is InChI=1S/C12H11NO/c1-3-6-12(14)13-11-8-5-7-10(4-2)9-11/h2-3,5,7-9H,1,6H2,(H,13,14). The molecule has 0 atom stereocenters. The summed E-state index contributed by atoms with van der Waals surface area (Å²) in [5.41, 5.74) is 1.47. The van der Waals surface area contributed by atoms with Gasteiger partial charge in [0.25, 0.3) is 0 Å². The van der Waals surface area contributed by atoms with E-state index in [1.54, 1.807) is 24.3 Å². The van der Waals surface area contributed by atoms with E-state index in [0.717, 1.165) is 5.56 Å². The number of hydrogen-bond acceptors (Lipinski definition) is 1. The molecule has 0 aliphatic rings. The minimum Gasteiger partial charge on any atom is -0.326 e. The lowest BCUT2D eigenvalue weighted by Gasteiger charge is -2.03. The molecule has 1 amide bonds. The van der Waals surface area contributed by atoms with E-state index in [2.05, 4.69) is 17.8 Å². The van der Waals surface area contributed by atoms with Crippen molar-refractivity contribution in [3.05, 3.63) is 42.5 Å². The SMILES string of the molecule is C#Cc1cccc(NC(=O)CC=C)c1. The van der Waals surface area contributed by atoms with Gasteiger partial charge in [0.05, 0.1) is 0 Å². The number of benzene rings is 1. The Morgan fingerprint density at radius 2 is 2.43 bits per heavy atom. The Labute approximate surface area is 83.6 Å². The summed E-state index contributed by atoms with van der Waals surface area (Å²) in [5, 5.41) is 2.71. The van der Waals surface area contributed by atoms with Gasteiger partial charge >= 0.3 is 0 Å². The van der Waals surface area contributed by atoms with E-state index in [4.69, 9.17) is 6.42 Å². The third-order valence-corrected chi connectivity index (χ3v) is 1.64. The van der Waals surface area contributed by atoms with E-state index in [-0.39, 0.29) is 5.91 Å². The molecule has 0 fully saturated rings. The molecule has 70 valence electrons. The van der Waals surface area contributed by atoms with E-state index in [1.165, 1.54) is 0 Å². The van der Waals surface area contributed by atoms with E-state index in [1.807, 2.05) is 6.07 Å². The lowest BCUT2D eigenvalue weighted by atomic mass is 10.2. The number of amides is 1. The highest BCUT2D eigenvalue weighted by molar-refractivity contribution is 5.91. The monoisotopic (exact) mass is 185 g/mol. The number of carbonyl (C=O) groups excluding carboxylic acids is 1. The molecule has 0 saturated heterocycles. The number of hydrogen-bond donors (Lipinski definition) is 1. The van der Waals surface area contributed by atoms with Gasteiger partial charge in [0.1, 0.15) is 0 Å². The summed E-state index contributed by atoms with van der Waals surface area (Å²) in [5.74, 6) is 2.41. The third-order valence-electron chi connectivity index (χ3n) is 1.64. The Hall–Kier alpha value is -2.01. The lowest BCUT2D eigenvalue weighted by Crippen LogP contribution is -2.09. The molecule has 0 unspecified atom stereocenters. The topological polar surface area (TPSA) is 29.1 Å². The molecule has 0 heterocycles. The van der Waals surface area contributed by atoms with Gasteiger partial charge in [0, 0.05) is 17.7 Å². The predicted octanol–water partition coefficient (Wildman–Crippen LogP) is 2.18. The van der Waals surface area contributed by atoms with Gasteiger partial charge in [-0.05, 0) is 18.2 Å². The fourth-order valence-corrected chi connectivity index (χ4v) is 1.03. The Morgan fingerprint density at radius 1 is 1.64 bits per heavy atom. The summed E-state index contributed by atoms with van der Waals surface area (Å²) in [6.45, 7) is 3.48. The largest absolute Gasteiger partial charge is 0.326 e. The predicted molar refractivity (Wildman–Crippen MR) is 57.8 cm³/mol. The molecule has 0 aliphatic heterocycles. The molecule has 2 nitrogen and oxygen atoms in total. The summed E-state index contributed by atoms with van der Waals surface area (Å²) in [7, 11) is 0. The van der Waals surface area contributed by atoms with Crippen LogP contribution in [0.2, 0.25) is 0 Å². The highest BCUT2D eigenvalue weighted by Crippen LogP contribution is 2.09. The average Bonchev–Trinajstić information content (AvgIpc) is 2.18. The van der Waals surface area contributed by atoms with Crippen LogP contribution < -0.4 is 5.32 Å². The van der Waals surface area contributed by atoms with Gasteiger partial charge in [-0.25, -0.2) is 0 Å². The first kappa shape index (κ1) is 10.1. The molecular weight excluding hydrogens is 174 g/mol. The molecule has 1 aromatic carbocycles. The zero-order valence-corrected chi connectivity index (χ0v) is 7.79. The van der Waals surface area contributed by atoms with Crippen molar-refractivity contribution in [2.75, 3.05) is 5.32 Å². The third kappa shape index (κ3) is 2.80. The summed E-state index contributed by atoms with van der Waals surface area (Å²) in [6, 6.07) is 7.16. The van der Waals surface area contributed by atoms with Gasteiger partial charge in [-0.2, -0.15) is 0 Å². The average molecular weight is 185 g/mol. The van der Waals surface area contributed by atoms with E-state index >= 15 is 0 Å². The number of carbonyl (C=O) groups is 1. The second kappa shape index (κ2) is 4.88. The number of anilines is 1. The Balaban J connectivity index is 2.72. The molecule has 0 aromatic heterocycles. The van der Waals surface area contributed by atoms with Gasteiger partial charge in [0.15, 0.2) is 0 Å². The van der Waals surface area contributed by atoms with Crippen molar-refractivity contribution in [1.29, 1.82) is 0 Å². The van der Waals surface area contributed by atoms with Crippen LogP contribution in [0.3, 0.4) is 0 Å². The van der Waals surface area contributed by atoms with Gasteiger partial charge in [0.2, 0.25) is 5.91 Å². The zero-order valence-electron chi connectivity index (χ0n) is 7.79. The molecule has 1 aromatic rings.